The molecule has 0 spiro atoms. The van der Waals surface area contributed by atoms with Gasteiger partial charge in [-0.25, -0.2) is 0 Å². The first-order valence-corrected chi connectivity index (χ1v) is 20.3. The van der Waals surface area contributed by atoms with Crippen LogP contribution in [0, 0.1) is 17.9 Å². The van der Waals surface area contributed by atoms with Gasteiger partial charge in [0.25, 0.3) is 0 Å². The molecule has 51 heavy (non-hydrogen) atoms. The van der Waals surface area contributed by atoms with Crippen LogP contribution < -0.4 is 5.19 Å². The van der Waals surface area contributed by atoms with E-state index in [2.05, 4.69) is 139 Å². The maximum Gasteiger partial charge on any atom is 0.120 e. The Hall–Kier alpha value is -5.00. The van der Waals surface area contributed by atoms with Crippen LogP contribution in [0.1, 0.15) is 22.3 Å². The summed E-state index contributed by atoms with van der Waals surface area (Å²) in [7, 11) is -1.30. The van der Waals surface area contributed by atoms with E-state index in [-0.39, 0.29) is 25.9 Å². The first kappa shape index (κ1) is 35.8. The third-order valence-corrected chi connectivity index (χ3v) is 10.8. The van der Waals surface area contributed by atoms with Gasteiger partial charge in [-0.1, -0.05) is 116 Å². The number of pyridine rings is 2. The van der Waals surface area contributed by atoms with Crippen molar-refractivity contribution < 1.29 is 28.9 Å². The van der Waals surface area contributed by atoms with Crippen LogP contribution >= 0.6 is 0 Å². The number of aromatic nitrogens is 2. The van der Waals surface area contributed by atoms with Crippen LogP contribution in [0.2, 0.25) is 19.6 Å². The number of benzene rings is 5. The Kier molecular flexibility index (Phi) is 11.2. The number of hydrogen-bond donors (Lipinski definition) is 0. The van der Waals surface area contributed by atoms with E-state index in [0.29, 0.717) is 0 Å². The minimum atomic E-state index is -1.30. The Labute approximate surface area is 313 Å². The topological polar surface area (TPSA) is 38.9 Å². The molecular weight excluding hydrogens is 824 g/mol. The molecule has 8 aromatic rings. The van der Waals surface area contributed by atoms with Crippen molar-refractivity contribution in [2.75, 3.05) is 0 Å². The summed E-state index contributed by atoms with van der Waals surface area (Å²) >= 11 is 0. The van der Waals surface area contributed by atoms with Crippen LogP contribution in [0.15, 0.2) is 150 Å². The molecule has 255 valence electrons. The van der Waals surface area contributed by atoms with Gasteiger partial charge in [-0.3, -0.25) is 4.39 Å². The standard InChI is InChI=1S/C31H22NO.C14H15FNSi.Ir/c1-3-8-22(9-4-1)18-24-14-15-30-28(20-24)26-12-7-13-27(31(26)33-30)29-21-25(16-17-32-29)19-23-10-5-2-6-11-23;1-17(2,3)13-8-9-14(16-10-13)11-4-6-12(15)7-5-11;/h1-12,14-17,20-21H,18-19H2;4,6-10H,1-3H3;/q2*-1;. The molecule has 0 amide bonds. The molecule has 0 bridgehead atoms. The fourth-order valence-corrected chi connectivity index (χ4v) is 7.07. The largest absolute Gasteiger partial charge is 0.501 e. The Balaban J connectivity index is 0.000000211. The second-order valence-corrected chi connectivity index (χ2v) is 18.6. The van der Waals surface area contributed by atoms with Gasteiger partial charge < -0.3 is 14.4 Å². The summed E-state index contributed by atoms with van der Waals surface area (Å²) in [5.74, 6) is -0.271. The molecular formula is C45H37FIrN2OSi-2. The predicted molar refractivity (Wildman–Crippen MR) is 206 cm³/mol. The average molecular weight is 861 g/mol. The summed E-state index contributed by atoms with van der Waals surface area (Å²) in [5, 5.41) is 3.56. The number of halogens is 1. The molecule has 6 heteroatoms. The second kappa shape index (κ2) is 15.9. The zero-order valence-corrected chi connectivity index (χ0v) is 32.2. The summed E-state index contributed by atoms with van der Waals surface area (Å²) in [6.07, 6.45) is 5.58. The van der Waals surface area contributed by atoms with Crippen molar-refractivity contribution in [3.8, 4) is 22.5 Å². The fraction of sp³-hybridized carbons (Fsp3) is 0.111. The van der Waals surface area contributed by atoms with Crippen molar-refractivity contribution in [2.45, 2.75) is 32.5 Å². The van der Waals surface area contributed by atoms with Crippen LogP contribution in [0.3, 0.4) is 0 Å². The average Bonchev–Trinajstić information content (AvgIpc) is 3.51. The van der Waals surface area contributed by atoms with E-state index >= 15 is 0 Å². The van der Waals surface area contributed by atoms with Crippen LogP contribution in [-0.4, -0.2) is 18.0 Å². The Morgan fingerprint density at radius 2 is 1.35 bits per heavy atom. The zero-order valence-electron chi connectivity index (χ0n) is 28.8. The molecule has 0 fully saturated rings. The minimum Gasteiger partial charge on any atom is -0.501 e. The predicted octanol–water partition coefficient (Wildman–Crippen LogP) is 10.9. The quantitative estimate of drug-likeness (QED) is 0.118. The number of furan rings is 1. The van der Waals surface area contributed by atoms with Crippen molar-refractivity contribution in [2.24, 2.45) is 0 Å². The normalized spacial score (nSPS) is 11.1. The molecule has 0 atom stereocenters. The fourth-order valence-electron chi connectivity index (χ4n) is 6.04. The third kappa shape index (κ3) is 8.66. The summed E-state index contributed by atoms with van der Waals surface area (Å²) in [4.78, 5) is 9.08. The monoisotopic (exact) mass is 861 g/mol. The van der Waals surface area contributed by atoms with Crippen LogP contribution in [0.5, 0.6) is 0 Å². The van der Waals surface area contributed by atoms with Crippen molar-refractivity contribution in [1.29, 1.82) is 0 Å². The molecule has 8 rings (SSSR count). The molecule has 3 aromatic heterocycles. The van der Waals surface area contributed by atoms with Crippen molar-refractivity contribution >= 4 is 35.2 Å². The summed E-state index contributed by atoms with van der Waals surface area (Å²) < 4.78 is 19.1. The first-order chi connectivity index (χ1) is 24.3. The van der Waals surface area contributed by atoms with Gasteiger partial charge in [-0.15, -0.1) is 48.0 Å². The molecule has 3 nitrogen and oxygen atoms in total. The molecule has 5 aromatic carbocycles. The van der Waals surface area contributed by atoms with Crippen molar-refractivity contribution in [3.05, 3.63) is 186 Å². The van der Waals surface area contributed by atoms with Gasteiger partial charge in [0.15, 0.2) is 0 Å². The van der Waals surface area contributed by atoms with Gasteiger partial charge in [0.2, 0.25) is 0 Å². The first-order valence-electron chi connectivity index (χ1n) is 16.8. The Bertz CT molecular complexity index is 2350. The van der Waals surface area contributed by atoms with Gasteiger partial charge in [0.1, 0.15) is 5.58 Å². The van der Waals surface area contributed by atoms with Gasteiger partial charge in [0.05, 0.1) is 13.7 Å². The summed E-state index contributed by atoms with van der Waals surface area (Å²) in [6, 6.07) is 50.6. The van der Waals surface area contributed by atoms with Gasteiger partial charge in [0, 0.05) is 43.7 Å². The van der Waals surface area contributed by atoms with Gasteiger partial charge >= 0.3 is 0 Å². The van der Waals surface area contributed by atoms with Gasteiger partial charge in [-0.05, 0) is 69.9 Å². The third-order valence-electron chi connectivity index (χ3n) is 8.76. The molecule has 0 saturated carbocycles. The van der Waals surface area contributed by atoms with E-state index in [4.69, 9.17) is 4.42 Å². The van der Waals surface area contributed by atoms with E-state index in [1.807, 2.05) is 30.6 Å². The molecule has 0 aliphatic rings. The molecule has 1 radical (unpaired) electrons. The maximum absolute atomic E-state index is 12.8. The maximum atomic E-state index is 12.8. The number of nitrogens with zero attached hydrogens (tertiary/aromatic N) is 2. The molecule has 0 aliphatic carbocycles. The van der Waals surface area contributed by atoms with E-state index in [1.165, 1.54) is 39.6 Å². The molecule has 0 aliphatic heterocycles. The SMILES string of the molecule is C[Si](C)(C)c1ccc(-c2[c-]cc(F)cc2)nc1.[Ir].[c-]1ccc2c(oc3ccc(Cc4ccccc4)cc32)c1-c1cc(Cc2ccccc2)ccn1. The summed E-state index contributed by atoms with van der Waals surface area (Å²) in [6.45, 7) is 6.86. The van der Waals surface area contributed by atoms with E-state index in [1.54, 1.807) is 6.07 Å². The number of rotatable bonds is 7. The van der Waals surface area contributed by atoms with Crippen molar-refractivity contribution in [3.63, 3.8) is 0 Å². The molecule has 0 saturated heterocycles. The smallest absolute Gasteiger partial charge is 0.120 e. The molecule has 3 heterocycles. The Morgan fingerprint density at radius 3 is 1.98 bits per heavy atom. The van der Waals surface area contributed by atoms with E-state index in [9.17, 15) is 4.39 Å². The minimum absolute atomic E-state index is 0. The summed E-state index contributed by atoms with van der Waals surface area (Å²) in [5.41, 5.74) is 10.3. The van der Waals surface area contributed by atoms with E-state index < -0.39 is 8.07 Å². The molecule has 0 unspecified atom stereocenters. The van der Waals surface area contributed by atoms with E-state index in [0.717, 1.165) is 57.3 Å². The number of hydrogen-bond acceptors (Lipinski definition) is 3. The van der Waals surface area contributed by atoms with Crippen LogP contribution in [-0.2, 0) is 32.9 Å². The number of fused-ring (bicyclic) bond motifs is 3. The molecule has 0 N–H and O–H groups in total. The zero-order chi connectivity index (χ0) is 34.5. The Morgan fingerprint density at radius 1 is 0.647 bits per heavy atom. The van der Waals surface area contributed by atoms with Gasteiger partial charge in [-0.2, -0.15) is 0 Å². The second-order valence-electron chi connectivity index (χ2n) is 13.5. The van der Waals surface area contributed by atoms with Crippen LogP contribution in [0.4, 0.5) is 4.39 Å². The van der Waals surface area contributed by atoms with Crippen molar-refractivity contribution in [1.82, 2.24) is 9.97 Å². The van der Waals surface area contributed by atoms with Crippen LogP contribution in [0.25, 0.3) is 44.5 Å².